The first-order valence-electron chi connectivity index (χ1n) is 3.86. The van der Waals surface area contributed by atoms with Crippen LogP contribution in [0.3, 0.4) is 0 Å². The molecule has 0 unspecified atom stereocenters. The maximum absolute atomic E-state index is 10.5. The molecule has 0 amide bonds. The van der Waals surface area contributed by atoms with Crippen LogP contribution in [0.2, 0.25) is 0 Å². The standard InChI is InChI=1S/C9H10ClNO2/c1-6-4-9(11(12)13)7(2)3-8(6)5-10/h3-4H,5H2,1-2H3. The average Bonchev–Trinajstić information content (AvgIpc) is 2.07. The number of halogens is 1. The summed E-state index contributed by atoms with van der Waals surface area (Å²) in [6.07, 6.45) is 0. The predicted molar refractivity (Wildman–Crippen MR) is 52.1 cm³/mol. The van der Waals surface area contributed by atoms with E-state index in [4.69, 9.17) is 11.6 Å². The molecule has 3 nitrogen and oxygen atoms in total. The van der Waals surface area contributed by atoms with Crippen LogP contribution in [0.5, 0.6) is 0 Å². The lowest BCUT2D eigenvalue weighted by Gasteiger charge is -2.03. The molecule has 0 bridgehead atoms. The van der Waals surface area contributed by atoms with Gasteiger partial charge in [-0.05, 0) is 31.0 Å². The summed E-state index contributed by atoms with van der Waals surface area (Å²) >= 11 is 5.67. The molecule has 0 aliphatic rings. The van der Waals surface area contributed by atoms with E-state index in [1.54, 1.807) is 19.1 Å². The number of hydrogen-bond acceptors (Lipinski definition) is 2. The highest BCUT2D eigenvalue weighted by Gasteiger charge is 2.12. The number of rotatable bonds is 2. The van der Waals surface area contributed by atoms with Gasteiger partial charge in [0.2, 0.25) is 0 Å². The molecular formula is C9H10ClNO2. The molecule has 0 radical (unpaired) electrons. The zero-order valence-corrected chi connectivity index (χ0v) is 8.26. The Kier molecular flexibility index (Phi) is 2.88. The van der Waals surface area contributed by atoms with Crippen molar-refractivity contribution in [1.82, 2.24) is 0 Å². The van der Waals surface area contributed by atoms with E-state index in [0.717, 1.165) is 11.1 Å². The van der Waals surface area contributed by atoms with Gasteiger partial charge in [-0.3, -0.25) is 10.1 Å². The molecule has 0 aliphatic carbocycles. The maximum atomic E-state index is 10.5. The van der Waals surface area contributed by atoms with Crippen molar-refractivity contribution in [1.29, 1.82) is 0 Å². The fourth-order valence-corrected chi connectivity index (χ4v) is 1.49. The minimum absolute atomic E-state index is 0.159. The largest absolute Gasteiger partial charge is 0.272 e. The van der Waals surface area contributed by atoms with Crippen molar-refractivity contribution >= 4 is 17.3 Å². The van der Waals surface area contributed by atoms with Gasteiger partial charge in [0.05, 0.1) is 4.92 Å². The van der Waals surface area contributed by atoms with Gasteiger partial charge >= 0.3 is 0 Å². The van der Waals surface area contributed by atoms with Crippen LogP contribution in [0.15, 0.2) is 12.1 Å². The molecule has 70 valence electrons. The first kappa shape index (κ1) is 9.99. The maximum Gasteiger partial charge on any atom is 0.272 e. The third-order valence-electron chi connectivity index (χ3n) is 2.00. The highest BCUT2D eigenvalue weighted by molar-refractivity contribution is 6.17. The molecule has 0 saturated heterocycles. The molecule has 4 heteroatoms. The van der Waals surface area contributed by atoms with Crippen LogP contribution >= 0.6 is 11.6 Å². The van der Waals surface area contributed by atoms with Gasteiger partial charge < -0.3 is 0 Å². The van der Waals surface area contributed by atoms with Crippen LogP contribution in [-0.4, -0.2) is 4.92 Å². The molecule has 0 heterocycles. The molecule has 0 atom stereocenters. The third-order valence-corrected chi connectivity index (χ3v) is 2.28. The molecule has 1 rings (SSSR count). The minimum atomic E-state index is -0.375. The van der Waals surface area contributed by atoms with Crippen molar-refractivity contribution in [3.05, 3.63) is 38.9 Å². The second kappa shape index (κ2) is 3.75. The van der Waals surface area contributed by atoms with Crippen LogP contribution in [0.25, 0.3) is 0 Å². The van der Waals surface area contributed by atoms with Crippen LogP contribution in [-0.2, 0) is 5.88 Å². The van der Waals surface area contributed by atoms with Gasteiger partial charge in [0.1, 0.15) is 0 Å². The van der Waals surface area contributed by atoms with Gasteiger partial charge in [-0.2, -0.15) is 0 Å². The van der Waals surface area contributed by atoms with Crippen molar-refractivity contribution in [2.45, 2.75) is 19.7 Å². The second-order valence-electron chi connectivity index (χ2n) is 2.96. The zero-order chi connectivity index (χ0) is 10.0. The Labute approximate surface area is 81.5 Å². The number of alkyl halides is 1. The van der Waals surface area contributed by atoms with Gasteiger partial charge in [0, 0.05) is 17.5 Å². The number of nitro groups is 1. The summed E-state index contributed by atoms with van der Waals surface area (Å²) in [5.41, 5.74) is 2.63. The van der Waals surface area contributed by atoms with Gasteiger partial charge in [0.15, 0.2) is 0 Å². The van der Waals surface area contributed by atoms with E-state index < -0.39 is 0 Å². The van der Waals surface area contributed by atoms with Crippen molar-refractivity contribution in [3.63, 3.8) is 0 Å². The summed E-state index contributed by atoms with van der Waals surface area (Å²) in [5, 5.41) is 10.5. The molecular weight excluding hydrogens is 190 g/mol. The number of benzene rings is 1. The zero-order valence-electron chi connectivity index (χ0n) is 7.50. The highest BCUT2D eigenvalue weighted by atomic mass is 35.5. The Bertz CT molecular complexity index is 350. The summed E-state index contributed by atoms with van der Waals surface area (Å²) in [7, 11) is 0. The van der Waals surface area contributed by atoms with Gasteiger partial charge in [-0.25, -0.2) is 0 Å². The van der Waals surface area contributed by atoms with E-state index in [0.29, 0.717) is 11.4 Å². The first-order chi connectivity index (χ1) is 6.06. The fourth-order valence-electron chi connectivity index (χ4n) is 1.20. The molecule has 0 N–H and O–H groups in total. The number of nitro benzene ring substituents is 1. The molecule has 0 aromatic heterocycles. The second-order valence-corrected chi connectivity index (χ2v) is 3.22. The summed E-state index contributed by atoms with van der Waals surface area (Å²) in [6.45, 7) is 3.54. The summed E-state index contributed by atoms with van der Waals surface area (Å²) in [4.78, 5) is 10.2. The van der Waals surface area contributed by atoms with Crippen LogP contribution in [0.4, 0.5) is 5.69 Å². The van der Waals surface area contributed by atoms with Crippen molar-refractivity contribution < 1.29 is 4.92 Å². The van der Waals surface area contributed by atoms with Crippen LogP contribution < -0.4 is 0 Å². The van der Waals surface area contributed by atoms with E-state index in [1.807, 2.05) is 6.92 Å². The summed E-state index contributed by atoms with van der Waals surface area (Å²) in [5.74, 6) is 0.394. The van der Waals surface area contributed by atoms with Crippen molar-refractivity contribution in [2.24, 2.45) is 0 Å². The van der Waals surface area contributed by atoms with Gasteiger partial charge in [-0.15, -0.1) is 11.6 Å². The molecule has 0 fully saturated rings. The number of aryl methyl sites for hydroxylation is 2. The molecule has 0 saturated carbocycles. The normalized spacial score (nSPS) is 10.1. The monoisotopic (exact) mass is 199 g/mol. The average molecular weight is 200 g/mol. The highest BCUT2D eigenvalue weighted by Crippen LogP contribution is 2.23. The van der Waals surface area contributed by atoms with Gasteiger partial charge in [0.25, 0.3) is 5.69 Å². The van der Waals surface area contributed by atoms with E-state index in [9.17, 15) is 10.1 Å². The van der Waals surface area contributed by atoms with Gasteiger partial charge in [-0.1, -0.05) is 0 Å². The lowest BCUT2D eigenvalue weighted by molar-refractivity contribution is -0.385. The summed E-state index contributed by atoms with van der Waals surface area (Å²) in [6, 6.07) is 3.33. The third kappa shape index (κ3) is 1.98. The Hall–Kier alpha value is -1.09. The van der Waals surface area contributed by atoms with Crippen molar-refractivity contribution in [3.8, 4) is 0 Å². The predicted octanol–water partition coefficient (Wildman–Crippen LogP) is 2.95. The molecule has 13 heavy (non-hydrogen) atoms. The Morgan fingerprint density at radius 1 is 1.38 bits per heavy atom. The van der Waals surface area contributed by atoms with Crippen molar-refractivity contribution in [2.75, 3.05) is 0 Å². The Balaban J connectivity index is 3.28. The molecule has 1 aromatic carbocycles. The fraction of sp³-hybridized carbons (Fsp3) is 0.333. The topological polar surface area (TPSA) is 43.1 Å². The molecule has 0 aliphatic heterocycles. The number of nitrogens with zero attached hydrogens (tertiary/aromatic N) is 1. The summed E-state index contributed by atoms with van der Waals surface area (Å²) < 4.78 is 0. The SMILES string of the molecule is Cc1cc([N+](=O)[O-])c(C)cc1CCl. The van der Waals surface area contributed by atoms with Crippen LogP contribution in [0, 0.1) is 24.0 Å². The van der Waals surface area contributed by atoms with Crippen LogP contribution in [0.1, 0.15) is 16.7 Å². The quantitative estimate of drug-likeness (QED) is 0.418. The van der Waals surface area contributed by atoms with E-state index >= 15 is 0 Å². The lowest BCUT2D eigenvalue weighted by atomic mass is 10.1. The van der Waals surface area contributed by atoms with E-state index in [-0.39, 0.29) is 10.6 Å². The Morgan fingerprint density at radius 3 is 2.46 bits per heavy atom. The lowest BCUT2D eigenvalue weighted by Crippen LogP contribution is -1.95. The number of hydrogen-bond donors (Lipinski definition) is 0. The van der Waals surface area contributed by atoms with E-state index in [2.05, 4.69) is 0 Å². The minimum Gasteiger partial charge on any atom is -0.258 e. The first-order valence-corrected chi connectivity index (χ1v) is 4.40. The molecule has 0 spiro atoms. The smallest absolute Gasteiger partial charge is 0.258 e. The Morgan fingerprint density at radius 2 is 2.00 bits per heavy atom. The van der Waals surface area contributed by atoms with E-state index in [1.165, 1.54) is 0 Å². The molecule has 1 aromatic rings.